The lowest BCUT2D eigenvalue weighted by Crippen LogP contribution is -2.25. The summed E-state index contributed by atoms with van der Waals surface area (Å²) in [5.74, 6) is -1.26. The number of halogens is 3. The number of carbonyl (C=O) groups is 1. The highest BCUT2D eigenvalue weighted by Gasteiger charge is 2.31. The molecule has 10 heteroatoms. The summed E-state index contributed by atoms with van der Waals surface area (Å²) >= 11 is 0.643. The Kier molecular flexibility index (Phi) is 6.47. The standard InChI is InChI=1S/C18H18F3NO4S2/c1-4-22(27-14-7-5-6-13(9-14)18(19,20)21)28(25,26)15-8-11(2)12(3)16(10-15)17(23)24/h5-10H,4H2,1-3H3,(H,23,24). The fourth-order valence-corrected chi connectivity index (χ4v) is 5.21. The number of aromatic carboxylic acids is 1. The summed E-state index contributed by atoms with van der Waals surface area (Å²) in [7, 11) is -4.14. The molecule has 28 heavy (non-hydrogen) atoms. The molecule has 2 rings (SSSR count). The van der Waals surface area contributed by atoms with Gasteiger partial charge in [-0.05, 0) is 67.3 Å². The van der Waals surface area contributed by atoms with Crippen molar-refractivity contribution in [2.45, 2.75) is 36.7 Å². The van der Waals surface area contributed by atoms with Crippen molar-refractivity contribution < 1.29 is 31.5 Å². The van der Waals surface area contributed by atoms with Gasteiger partial charge < -0.3 is 5.11 Å². The van der Waals surface area contributed by atoms with E-state index < -0.39 is 27.7 Å². The van der Waals surface area contributed by atoms with Crippen molar-refractivity contribution in [3.8, 4) is 0 Å². The van der Waals surface area contributed by atoms with Crippen LogP contribution in [0.2, 0.25) is 0 Å². The van der Waals surface area contributed by atoms with Crippen molar-refractivity contribution in [2.24, 2.45) is 0 Å². The Balaban J connectivity index is 2.45. The van der Waals surface area contributed by atoms with Gasteiger partial charge in [0.1, 0.15) is 0 Å². The largest absolute Gasteiger partial charge is 0.478 e. The Morgan fingerprint density at radius 3 is 2.36 bits per heavy atom. The molecule has 0 saturated carbocycles. The number of sulfonamides is 1. The van der Waals surface area contributed by atoms with Crippen molar-refractivity contribution in [1.29, 1.82) is 0 Å². The van der Waals surface area contributed by atoms with Gasteiger partial charge in [-0.1, -0.05) is 13.0 Å². The number of benzene rings is 2. The van der Waals surface area contributed by atoms with E-state index in [1.165, 1.54) is 25.1 Å². The third-order valence-corrected chi connectivity index (χ3v) is 7.43. The predicted octanol–water partition coefficient (Wildman–Crippen LogP) is 4.74. The zero-order valence-corrected chi connectivity index (χ0v) is 16.9. The van der Waals surface area contributed by atoms with E-state index in [1.807, 2.05) is 0 Å². The van der Waals surface area contributed by atoms with Gasteiger partial charge >= 0.3 is 12.1 Å². The van der Waals surface area contributed by atoms with Crippen molar-refractivity contribution in [1.82, 2.24) is 3.71 Å². The van der Waals surface area contributed by atoms with E-state index in [-0.39, 0.29) is 21.9 Å². The second-order valence-corrected chi connectivity index (χ2v) is 9.15. The summed E-state index contributed by atoms with van der Waals surface area (Å²) < 4.78 is 65.6. The fraction of sp³-hybridized carbons (Fsp3) is 0.278. The van der Waals surface area contributed by atoms with Gasteiger partial charge in [0.25, 0.3) is 10.0 Å². The highest BCUT2D eigenvalue weighted by atomic mass is 32.3. The predicted molar refractivity (Wildman–Crippen MR) is 99.7 cm³/mol. The average Bonchev–Trinajstić information content (AvgIpc) is 2.60. The zero-order chi connectivity index (χ0) is 21.3. The lowest BCUT2D eigenvalue weighted by molar-refractivity contribution is -0.137. The molecule has 0 aliphatic carbocycles. The molecule has 2 aromatic rings. The van der Waals surface area contributed by atoms with Crippen LogP contribution in [-0.4, -0.2) is 29.7 Å². The van der Waals surface area contributed by atoms with E-state index >= 15 is 0 Å². The van der Waals surface area contributed by atoms with E-state index in [0.717, 1.165) is 21.9 Å². The Labute approximate surface area is 165 Å². The monoisotopic (exact) mass is 433 g/mol. The molecule has 0 radical (unpaired) electrons. The maximum absolute atomic E-state index is 13.0. The molecule has 1 N–H and O–H groups in total. The van der Waals surface area contributed by atoms with Crippen LogP contribution in [0.4, 0.5) is 13.2 Å². The molecule has 0 saturated heterocycles. The maximum Gasteiger partial charge on any atom is 0.416 e. The summed E-state index contributed by atoms with van der Waals surface area (Å²) in [5.41, 5.74) is -0.0948. The molecule has 2 aromatic carbocycles. The molecule has 0 bridgehead atoms. The van der Waals surface area contributed by atoms with Crippen LogP contribution in [0.1, 0.15) is 34.0 Å². The lowest BCUT2D eigenvalue weighted by Gasteiger charge is -2.21. The molecule has 5 nitrogen and oxygen atoms in total. The van der Waals surface area contributed by atoms with Gasteiger partial charge in [-0.2, -0.15) is 13.2 Å². The van der Waals surface area contributed by atoms with Gasteiger partial charge in [0.05, 0.1) is 16.0 Å². The van der Waals surface area contributed by atoms with Crippen LogP contribution in [0.15, 0.2) is 46.2 Å². The number of alkyl halides is 3. The second-order valence-electron chi connectivity index (χ2n) is 5.96. The molecular formula is C18H18F3NO4S2. The minimum Gasteiger partial charge on any atom is -0.478 e. The summed E-state index contributed by atoms with van der Waals surface area (Å²) in [6, 6.07) is 6.76. The van der Waals surface area contributed by atoms with E-state index in [9.17, 15) is 31.5 Å². The molecule has 0 fully saturated rings. The number of carboxylic acids is 1. The first kappa shape index (κ1) is 22.3. The lowest BCUT2D eigenvalue weighted by atomic mass is 10.0. The molecule has 0 heterocycles. The first-order valence-corrected chi connectivity index (χ1v) is 10.3. The van der Waals surface area contributed by atoms with Crippen LogP contribution < -0.4 is 0 Å². The molecule has 0 amide bonds. The number of hydrogen-bond donors (Lipinski definition) is 1. The van der Waals surface area contributed by atoms with Crippen molar-refractivity contribution in [3.05, 3.63) is 58.7 Å². The van der Waals surface area contributed by atoms with Crippen molar-refractivity contribution in [2.75, 3.05) is 6.54 Å². The van der Waals surface area contributed by atoms with Gasteiger partial charge in [-0.3, -0.25) is 0 Å². The van der Waals surface area contributed by atoms with Crippen molar-refractivity contribution >= 4 is 27.9 Å². The maximum atomic E-state index is 13.0. The molecule has 0 aromatic heterocycles. The highest BCUT2D eigenvalue weighted by molar-refractivity contribution is 8.08. The average molecular weight is 433 g/mol. The van der Waals surface area contributed by atoms with Crippen LogP contribution in [0.5, 0.6) is 0 Å². The van der Waals surface area contributed by atoms with Crippen LogP contribution in [0.25, 0.3) is 0 Å². The fourth-order valence-electron chi connectivity index (χ4n) is 2.45. The minimum absolute atomic E-state index is 0.0292. The molecule has 0 aliphatic heterocycles. The quantitative estimate of drug-likeness (QED) is 0.666. The summed E-state index contributed by atoms with van der Waals surface area (Å²) in [6.07, 6.45) is -4.54. The second kappa shape index (κ2) is 8.14. The molecule has 0 spiro atoms. The Morgan fingerprint density at radius 2 is 1.82 bits per heavy atom. The topological polar surface area (TPSA) is 74.7 Å². The summed E-state index contributed by atoms with van der Waals surface area (Å²) in [4.78, 5) is 11.3. The third-order valence-electron chi connectivity index (χ3n) is 4.06. The normalized spacial score (nSPS) is 12.4. The molecule has 152 valence electrons. The minimum atomic E-state index is -4.54. The Bertz CT molecular complexity index is 1000. The van der Waals surface area contributed by atoms with Gasteiger partial charge in [-0.25, -0.2) is 13.2 Å². The first-order valence-electron chi connectivity index (χ1n) is 8.10. The molecule has 0 unspecified atom stereocenters. The van der Waals surface area contributed by atoms with E-state index in [2.05, 4.69) is 0 Å². The number of rotatable bonds is 6. The SMILES string of the molecule is CCN(Sc1cccc(C(F)(F)F)c1)S(=O)(=O)c1cc(C)c(C)c(C(=O)O)c1. The number of carboxylic acid groups (broad SMARTS) is 1. The van der Waals surface area contributed by atoms with Crippen molar-refractivity contribution in [3.63, 3.8) is 0 Å². The van der Waals surface area contributed by atoms with Crippen LogP contribution in [0.3, 0.4) is 0 Å². The van der Waals surface area contributed by atoms with Gasteiger partial charge in [-0.15, -0.1) is 3.71 Å². The van der Waals surface area contributed by atoms with E-state index in [1.54, 1.807) is 13.8 Å². The van der Waals surface area contributed by atoms with Crippen LogP contribution in [-0.2, 0) is 16.2 Å². The van der Waals surface area contributed by atoms with E-state index in [0.29, 0.717) is 23.1 Å². The number of nitrogens with zero attached hydrogens (tertiary/aromatic N) is 1. The summed E-state index contributed by atoms with van der Waals surface area (Å²) in [5, 5.41) is 9.30. The summed E-state index contributed by atoms with van der Waals surface area (Å²) in [6.45, 7) is 4.68. The Hall–Kier alpha value is -2.04. The number of aryl methyl sites for hydroxylation is 1. The molecule has 0 aliphatic rings. The Morgan fingerprint density at radius 1 is 1.18 bits per heavy atom. The van der Waals surface area contributed by atoms with Gasteiger partial charge in [0.2, 0.25) is 0 Å². The first-order chi connectivity index (χ1) is 12.9. The molecular weight excluding hydrogens is 415 g/mol. The van der Waals surface area contributed by atoms with Crippen LogP contribution in [0, 0.1) is 13.8 Å². The molecule has 0 atom stereocenters. The van der Waals surface area contributed by atoms with Gasteiger partial charge in [0.15, 0.2) is 0 Å². The van der Waals surface area contributed by atoms with Crippen LogP contribution >= 0.6 is 11.9 Å². The van der Waals surface area contributed by atoms with E-state index in [4.69, 9.17) is 0 Å². The third kappa shape index (κ3) is 4.68. The highest BCUT2D eigenvalue weighted by Crippen LogP contribution is 2.35. The zero-order valence-electron chi connectivity index (χ0n) is 15.2. The number of hydrogen-bond acceptors (Lipinski definition) is 4. The van der Waals surface area contributed by atoms with Gasteiger partial charge in [0, 0.05) is 11.4 Å². The smallest absolute Gasteiger partial charge is 0.416 e.